The van der Waals surface area contributed by atoms with Gasteiger partial charge in [-0.25, -0.2) is 4.98 Å². The molecule has 5 nitrogen and oxygen atoms in total. The molecule has 1 saturated heterocycles. The summed E-state index contributed by atoms with van der Waals surface area (Å²) in [7, 11) is 0. The SMILES string of the molecule is CCc1nsc(NC[C@@H](C)N2CCCCC2=O)n1. The second-order valence-electron chi connectivity index (χ2n) is 4.64. The van der Waals surface area contributed by atoms with Crippen LogP contribution in [0.3, 0.4) is 0 Å². The van der Waals surface area contributed by atoms with Crippen LogP contribution in [0.15, 0.2) is 0 Å². The Morgan fingerprint density at radius 1 is 1.50 bits per heavy atom. The highest BCUT2D eigenvalue weighted by Gasteiger charge is 2.22. The average molecular weight is 268 g/mol. The highest BCUT2D eigenvalue weighted by molar-refractivity contribution is 7.09. The first-order valence-electron chi connectivity index (χ1n) is 6.56. The molecule has 0 unspecified atom stereocenters. The minimum Gasteiger partial charge on any atom is -0.358 e. The lowest BCUT2D eigenvalue weighted by Crippen LogP contribution is -2.44. The van der Waals surface area contributed by atoms with Gasteiger partial charge in [-0.15, -0.1) is 0 Å². The van der Waals surface area contributed by atoms with Gasteiger partial charge in [-0.05, 0) is 19.8 Å². The summed E-state index contributed by atoms with van der Waals surface area (Å²) in [5.74, 6) is 1.16. The Balaban J connectivity index is 1.83. The molecule has 0 spiro atoms. The zero-order valence-corrected chi connectivity index (χ0v) is 11.8. The Bertz CT molecular complexity index is 407. The van der Waals surface area contributed by atoms with Gasteiger partial charge in [-0.3, -0.25) is 4.79 Å². The van der Waals surface area contributed by atoms with Crippen LogP contribution in [0.25, 0.3) is 0 Å². The zero-order chi connectivity index (χ0) is 13.0. The topological polar surface area (TPSA) is 58.1 Å². The summed E-state index contributed by atoms with van der Waals surface area (Å²) in [5.41, 5.74) is 0. The molecule has 2 rings (SSSR count). The Morgan fingerprint density at radius 3 is 3.00 bits per heavy atom. The third-order valence-electron chi connectivity index (χ3n) is 3.23. The molecule has 18 heavy (non-hydrogen) atoms. The molecule has 2 heterocycles. The van der Waals surface area contributed by atoms with Crippen molar-refractivity contribution >= 4 is 22.6 Å². The monoisotopic (exact) mass is 268 g/mol. The lowest BCUT2D eigenvalue weighted by Gasteiger charge is -2.32. The maximum absolute atomic E-state index is 11.8. The molecule has 1 aromatic rings. The van der Waals surface area contributed by atoms with Gasteiger partial charge >= 0.3 is 0 Å². The smallest absolute Gasteiger partial charge is 0.222 e. The number of amides is 1. The van der Waals surface area contributed by atoms with Crippen LogP contribution in [0.2, 0.25) is 0 Å². The maximum atomic E-state index is 11.8. The van der Waals surface area contributed by atoms with Gasteiger partial charge in [0.25, 0.3) is 0 Å². The van der Waals surface area contributed by atoms with Gasteiger partial charge in [0.1, 0.15) is 5.82 Å². The van der Waals surface area contributed by atoms with Gasteiger partial charge in [0.15, 0.2) is 0 Å². The van der Waals surface area contributed by atoms with E-state index in [-0.39, 0.29) is 11.9 Å². The predicted octanol–water partition coefficient (Wildman–Crippen LogP) is 1.91. The van der Waals surface area contributed by atoms with E-state index >= 15 is 0 Å². The first-order chi connectivity index (χ1) is 8.70. The summed E-state index contributed by atoms with van der Waals surface area (Å²) in [4.78, 5) is 18.1. The maximum Gasteiger partial charge on any atom is 0.222 e. The van der Waals surface area contributed by atoms with E-state index in [9.17, 15) is 4.79 Å². The molecule has 6 heteroatoms. The Morgan fingerprint density at radius 2 is 2.33 bits per heavy atom. The van der Waals surface area contributed by atoms with Crippen molar-refractivity contribution in [3.8, 4) is 0 Å². The zero-order valence-electron chi connectivity index (χ0n) is 11.0. The lowest BCUT2D eigenvalue weighted by atomic mass is 10.1. The van der Waals surface area contributed by atoms with Crippen molar-refractivity contribution in [3.05, 3.63) is 5.82 Å². The number of likely N-dealkylation sites (tertiary alicyclic amines) is 1. The molecule has 0 saturated carbocycles. The number of aryl methyl sites for hydroxylation is 1. The summed E-state index contributed by atoms with van der Waals surface area (Å²) in [6.45, 7) is 5.75. The van der Waals surface area contributed by atoms with Crippen molar-refractivity contribution in [2.45, 2.75) is 45.6 Å². The van der Waals surface area contributed by atoms with Crippen LogP contribution in [0.4, 0.5) is 5.13 Å². The molecule has 100 valence electrons. The van der Waals surface area contributed by atoms with E-state index in [1.165, 1.54) is 11.5 Å². The highest BCUT2D eigenvalue weighted by Crippen LogP contribution is 2.15. The minimum absolute atomic E-state index is 0.215. The predicted molar refractivity (Wildman–Crippen MR) is 72.8 cm³/mol. The van der Waals surface area contributed by atoms with Gasteiger partial charge in [0.2, 0.25) is 11.0 Å². The van der Waals surface area contributed by atoms with E-state index in [1.54, 1.807) is 0 Å². The highest BCUT2D eigenvalue weighted by atomic mass is 32.1. The molecule has 0 aromatic carbocycles. The molecule has 0 bridgehead atoms. The van der Waals surface area contributed by atoms with Crippen molar-refractivity contribution in [2.75, 3.05) is 18.4 Å². The van der Waals surface area contributed by atoms with E-state index in [4.69, 9.17) is 0 Å². The summed E-state index contributed by atoms with van der Waals surface area (Å²) in [6.07, 6.45) is 3.71. The Hall–Kier alpha value is -1.17. The van der Waals surface area contributed by atoms with E-state index in [0.717, 1.165) is 43.3 Å². The largest absolute Gasteiger partial charge is 0.358 e. The minimum atomic E-state index is 0.215. The molecule has 1 N–H and O–H groups in total. The van der Waals surface area contributed by atoms with E-state index in [1.807, 2.05) is 11.8 Å². The van der Waals surface area contributed by atoms with Crippen LogP contribution in [0.5, 0.6) is 0 Å². The van der Waals surface area contributed by atoms with Crippen molar-refractivity contribution < 1.29 is 4.79 Å². The number of aromatic nitrogens is 2. The number of rotatable bonds is 5. The quantitative estimate of drug-likeness (QED) is 0.886. The molecule has 0 radical (unpaired) electrons. The molecule has 0 aliphatic carbocycles. The summed E-state index contributed by atoms with van der Waals surface area (Å²) in [5, 5.41) is 4.12. The van der Waals surface area contributed by atoms with Crippen LogP contribution >= 0.6 is 11.5 Å². The molecule has 1 atom stereocenters. The summed E-state index contributed by atoms with van der Waals surface area (Å²) >= 11 is 1.39. The standard InChI is InChI=1S/C12H20N4OS/c1-3-10-14-12(18-15-10)13-8-9(2)16-7-5-4-6-11(16)17/h9H,3-8H2,1-2H3,(H,13,14,15)/t9-/m1/s1. The third-order valence-corrected chi connectivity index (χ3v) is 3.94. The normalized spacial score (nSPS) is 17.9. The molecule has 1 fully saturated rings. The molecule has 1 aliphatic rings. The second-order valence-corrected chi connectivity index (χ2v) is 5.40. The first kappa shape index (κ1) is 13.3. The van der Waals surface area contributed by atoms with Crippen molar-refractivity contribution in [2.24, 2.45) is 0 Å². The number of carbonyl (C=O) groups excluding carboxylic acids is 1. The lowest BCUT2D eigenvalue weighted by molar-refractivity contribution is -0.135. The van der Waals surface area contributed by atoms with Gasteiger partial charge in [-0.2, -0.15) is 4.37 Å². The van der Waals surface area contributed by atoms with Crippen LogP contribution in [-0.4, -0.2) is 39.3 Å². The van der Waals surface area contributed by atoms with Gasteiger partial charge < -0.3 is 10.2 Å². The van der Waals surface area contributed by atoms with Crippen molar-refractivity contribution in [3.63, 3.8) is 0 Å². The number of nitrogens with one attached hydrogen (secondary N) is 1. The van der Waals surface area contributed by atoms with E-state index < -0.39 is 0 Å². The molecule has 1 amide bonds. The van der Waals surface area contributed by atoms with Gasteiger partial charge in [-0.1, -0.05) is 6.92 Å². The van der Waals surface area contributed by atoms with Crippen LogP contribution in [0.1, 0.15) is 38.9 Å². The van der Waals surface area contributed by atoms with Crippen molar-refractivity contribution in [1.29, 1.82) is 0 Å². The van der Waals surface area contributed by atoms with Gasteiger partial charge in [0.05, 0.1) is 0 Å². The fraction of sp³-hybridized carbons (Fsp3) is 0.750. The van der Waals surface area contributed by atoms with Crippen LogP contribution in [0, 0.1) is 0 Å². The fourth-order valence-corrected chi connectivity index (χ4v) is 2.76. The van der Waals surface area contributed by atoms with Crippen LogP contribution < -0.4 is 5.32 Å². The van der Waals surface area contributed by atoms with E-state index in [2.05, 4.69) is 21.6 Å². The summed E-state index contributed by atoms with van der Waals surface area (Å²) < 4.78 is 4.23. The first-order valence-corrected chi connectivity index (χ1v) is 7.34. The number of carbonyl (C=O) groups is 1. The van der Waals surface area contributed by atoms with E-state index in [0.29, 0.717) is 6.42 Å². The van der Waals surface area contributed by atoms with Crippen molar-refractivity contribution in [1.82, 2.24) is 14.3 Å². The fourth-order valence-electron chi connectivity index (χ4n) is 2.11. The number of anilines is 1. The average Bonchev–Trinajstić information content (AvgIpc) is 2.84. The molecular weight excluding hydrogens is 248 g/mol. The summed E-state index contributed by atoms with van der Waals surface area (Å²) in [6, 6.07) is 0.215. The molecule has 1 aliphatic heterocycles. The number of nitrogens with zero attached hydrogens (tertiary/aromatic N) is 3. The van der Waals surface area contributed by atoms with Crippen LogP contribution in [-0.2, 0) is 11.2 Å². The Kier molecular flexibility index (Phi) is 4.52. The molecular formula is C12H20N4OS. The number of piperidine rings is 1. The van der Waals surface area contributed by atoms with Gasteiger partial charge in [0, 0.05) is 43.5 Å². The number of hydrogen-bond donors (Lipinski definition) is 1. The number of hydrogen-bond acceptors (Lipinski definition) is 5. The third kappa shape index (κ3) is 3.19. The Labute approximate surface area is 112 Å². The second kappa shape index (κ2) is 6.13. The molecule has 1 aromatic heterocycles.